The van der Waals surface area contributed by atoms with Gasteiger partial charge < -0.3 is 15.0 Å². The molecule has 0 bridgehead atoms. The molecule has 1 heterocycles. The lowest BCUT2D eigenvalue weighted by molar-refractivity contribution is -0.0182. The molecule has 0 spiro atoms. The third-order valence-electron chi connectivity index (χ3n) is 3.04. The second kappa shape index (κ2) is 6.73. The van der Waals surface area contributed by atoms with Crippen molar-refractivity contribution in [2.45, 2.75) is 12.6 Å². The van der Waals surface area contributed by atoms with E-state index in [9.17, 15) is 0 Å². The zero-order chi connectivity index (χ0) is 13.0. The molecular weight excluding hydrogens is 271 g/mol. The summed E-state index contributed by atoms with van der Waals surface area (Å²) >= 11 is 12.0. The number of ether oxygens (including phenoxy) is 1. The number of benzene rings is 1. The van der Waals surface area contributed by atoms with Crippen molar-refractivity contribution in [2.75, 3.05) is 33.3 Å². The summed E-state index contributed by atoms with van der Waals surface area (Å²) in [6.07, 6.45) is 0.252. The molecule has 0 radical (unpaired) electrons. The molecule has 1 N–H and O–H groups in total. The van der Waals surface area contributed by atoms with Gasteiger partial charge in [0.2, 0.25) is 0 Å². The number of hydrogen-bond donors (Lipinski definition) is 1. The number of nitrogens with zero attached hydrogens (tertiary/aromatic N) is 1. The van der Waals surface area contributed by atoms with Gasteiger partial charge in [-0.1, -0.05) is 23.2 Å². The molecule has 3 nitrogen and oxygen atoms in total. The van der Waals surface area contributed by atoms with E-state index in [0.717, 1.165) is 36.8 Å². The monoisotopic (exact) mass is 288 g/mol. The summed E-state index contributed by atoms with van der Waals surface area (Å²) in [6, 6.07) is 5.52. The lowest BCUT2D eigenvalue weighted by Crippen LogP contribution is -2.44. The maximum absolute atomic E-state index is 6.10. The normalized spacial score (nSPS) is 21.2. The average molecular weight is 289 g/mol. The fourth-order valence-electron chi connectivity index (χ4n) is 2.04. The van der Waals surface area contributed by atoms with Crippen molar-refractivity contribution in [3.8, 4) is 0 Å². The third kappa shape index (κ3) is 4.11. The number of nitrogens with one attached hydrogen (secondary N) is 1. The molecule has 1 aromatic rings. The van der Waals surface area contributed by atoms with Crippen LogP contribution in [0.25, 0.3) is 0 Å². The molecule has 0 saturated carbocycles. The SMILES string of the molecule is CN1CCOC(CNCc2cc(Cl)ccc2Cl)C1. The molecular formula is C13H18Cl2N2O. The quantitative estimate of drug-likeness (QED) is 0.921. The summed E-state index contributed by atoms with van der Waals surface area (Å²) in [7, 11) is 2.11. The maximum atomic E-state index is 6.10. The number of rotatable bonds is 4. The van der Waals surface area contributed by atoms with E-state index < -0.39 is 0 Å². The number of morpholine rings is 1. The van der Waals surface area contributed by atoms with E-state index in [1.54, 1.807) is 6.07 Å². The maximum Gasteiger partial charge on any atom is 0.0826 e. The van der Waals surface area contributed by atoms with Gasteiger partial charge in [0.25, 0.3) is 0 Å². The van der Waals surface area contributed by atoms with Crippen molar-refractivity contribution in [3.63, 3.8) is 0 Å². The van der Waals surface area contributed by atoms with Crippen molar-refractivity contribution in [2.24, 2.45) is 0 Å². The molecule has 1 aromatic carbocycles. The lowest BCUT2D eigenvalue weighted by atomic mass is 10.2. The molecule has 18 heavy (non-hydrogen) atoms. The minimum absolute atomic E-state index is 0.252. The highest BCUT2D eigenvalue weighted by molar-refractivity contribution is 6.33. The largest absolute Gasteiger partial charge is 0.374 e. The van der Waals surface area contributed by atoms with Gasteiger partial charge in [-0.2, -0.15) is 0 Å². The van der Waals surface area contributed by atoms with Crippen LogP contribution in [0.2, 0.25) is 10.0 Å². The Kier molecular flexibility index (Phi) is 5.27. The van der Waals surface area contributed by atoms with Crippen LogP contribution < -0.4 is 5.32 Å². The molecule has 1 fully saturated rings. The Bertz CT molecular complexity index is 401. The Balaban J connectivity index is 1.79. The molecule has 0 aromatic heterocycles. The second-order valence-electron chi connectivity index (χ2n) is 4.62. The average Bonchev–Trinajstić information content (AvgIpc) is 2.34. The Labute approximate surface area is 118 Å². The van der Waals surface area contributed by atoms with Gasteiger partial charge in [0.05, 0.1) is 12.7 Å². The van der Waals surface area contributed by atoms with Crippen molar-refractivity contribution in [1.82, 2.24) is 10.2 Å². The molecule has 1 aliphatic heterocycles. The van der Waals surface area contributed by atoms with Crippen LogP contribution in [0.5, 0.6) is 0 Å². The topological polar surface area (TPSA) is 24.5 Å². The third-order valence-corrected chi connectivity index (χ3v) is 3.64. The minimum Gasteiger partial charge on any atom is -0.374 e. The Morgan fingerprint density at radius 2 is 2.28 bits per heavy atom. The molecule has 100 valence electrons. The number of likely N-dealkylation sites (N-methyl/N-ethyl adjacent to an activating group) is 1. The summed E-state index contributed by atoms with van der Waals surface area (Å²) in [6.45, 7) is 4.32. The predicted octanol–water partition coefficient (Wildman–Crippen LogP) is 2.41. The van der Waals surface area contributed by atoms with Crippen LogP contribution in [0.1, 0.15) is 5.56 Å². The molecule has 0 aliphatic carbocycles. The number of hydrogen-bond acceptors (Lipinski definition) is 3. The van der Waals surface area contributed by atoms with Crippen LogP contribution in [-0.4, -0.2) is 44.3 Å². The van der Waals surface area contributed by atoms with Crippen LogP contribution in [0.3, 0.4) is 0 Å². The summed E-state index contributed by atoms with van der Waals surface area (Å²) in [5.41, 5.74) is 1.02. The van der Waals surface area contributed by atoms with E-state index >= 15 is 0 Å². The molecule has 1 saturated heterocycles. The van der Waals surface area contributed by atoms with E-state index in [-0.39, 0.29) is 6.10 Å². The summed E-state index contributed by atoms with van der Waals surface area (Å²) < 4.78 is 5.68. The summed E-state index contributed by atoms with van der Waals surface area (Å²) in [5.74, 6) is 0. The van der Waals surface area contributed by atoms with Crippen LogP contribution >= 0.6 is 23.2 Å². The first kappa shape index (κ1) is 14.1. The smallest absolute Gasteiger partial charge is 0.0826 e. The standard InChI is InChI=1S/C13H18Cl2N2O/c1-17-4-5-18-12(9-17)8-16-7-10-6-11(14)2-3-13(10)15/h2-3,6,12,16H,4-5,7-9H2,1H3. The molecule has 5 heteroatoms. The number of halogens is 2. The Morgan fingerprint density at radius 3 is 3.06 bits per heavy atom. The van der Waals surface area contributed by atoms with Crippen molar-refractivity contribution in [1.29, 1.82) is 0 Å². The lowest BCUT2D eigenvalue weighted by Gasteiger charge is -2.30. The van der Waals surface area contributed by atoms with Gasteiger partial charge in [-0.05, 0) is 30.8 Å². The highest BCUT2D eigenvalue weighted by Crippen LogP contribution is 2.20. The molecule has 2 rings (SSSR count). The van der Waals surface area contributed by atoms with Crippen molar-refractivity contribution in [3.05, 3.63) is 33.8 Å². The van der Waals surface area contributed by atoms with Gasteiger partial charge in [-0.15, -0.1) is 0 Å². The Hall–Kier alpha value is -0.320. The molecule has 1 atom stereocenters. The van der Waals surface area contributed by atoms with Gasteiger partial charge in [0.15, 0.2) is 0 Å². The van der Waals surface area contributed by atoms with E-state index in [1.807, 2.05) is 12.1 Å². The van der Waals surface area contributed by atoms with Crippen LogP contribution in [0, 0.1) is 0 Å². The van der Waals surface area contributed by atoms with E-state index in [4.69, 9.17) is 27.9 Å². The highest BCUT2D eigenvalue weighted by atomic mass is 35.5. The first-order valence-corrected chi connectivity index (χ1v) is 6.85. The highest BCUT2D eigenvalue weighted by Gasteiger charge is 2.16. The fraction of sp³-hybridized carbons (Fsp3) is 0.538. The second-order valence-corrected chi connectivity index (χ2v) is 5.47. The van der Waals surface area contributed by atoms with E-state index in [1.165, 1.54) is 0 Å². The summed E-state index contributed by atoms with van der Waals surface area (Å²) in [5, 5.41) is 4.82. The molecule has 1 unspecified atom stereocenters. The van der Waals surface area contributed by atoms with E-state index in [0.29, 0.717) is 11.6 Å². The summed E-state index contributed by atoms with van der Waals surface area (Å²) in [4.78, 5) is 2.28. The van der Waals surface area contributed by atoms with Gasteiger partial charge in [0, 0.05) is 36.2 Å². The first-order valence-electron chi connectivity index (χ1n) is 6.10. The Morgan fingerprint density at radius 1 is 1.44 bits per heavy atom. The van der Waals surface area contributed by atoms with Gasteiger partial charge in [-0.25, -0.2) is 0 Å². The minimum atomic E-state index is 0.252. The predicted molar refractivity (Wildman–Crippen MR) is 75.4 cm³/mol. The molecule has 1 aliphatic rings. The van der Waals surface area contributed by atoms with Crippen molar-refractivity contribution < 1.29 is 4.74 Å². The molecule has 0 amide bonds. The van der Waals surface area contributed by atoms with Crippen LogP contribution in [-0.2, 0) is 11.3 Å². The van der Waals surface area contributed by atoms with Crippen LogP contribution in [0.4, 0.5) is 0 Å². The zero-order valence-corrected chi connectivity index (χ0v) is 12.0. The van der Waals surface area contributed by atoms with Gasteiger partial charge in [-0.3, -0.25) is 0 Å². The van der Waals surface area contributed by atoms with Crippen LogP contribution in [0.15, 0.2) is 18.2 Å². The van der Waals surface area contributed by atoms with Gasteiger partial charge in [0.1, 0.15) is 0 Å². The zero-order valence-electron chi connectivity index (χ0n) is 10.5. The van der Waals surface area contributed by atoms with E-state index in [2.05, 4.69) is 17.3 Å². The first-order chi connectivity index (χ1) is 8.65. The van der Waals surface area contributed by atoms with Gasteiger partial charge >= 0.3 is 0 Å². The fourth-order valence-corrected chi connectivity index (χ4v) is 2.42. The van der Waals surface area contributed by atoms with Crippen molar-refractivity contribution >= 4 is 23.2 Å².